The number of hydrogen-bond donors (Lipinski definition) is 0. The summed E-state index contributed by atoms with van der Waals surface area (Å²) in [5.74, 6) is -5.24. The predicted molar refractivity (Wildman–Crippen MR) is 116 cm³/mol. The van der Waals surface area contributed by atoms with E-state index in [2.05, 4.69) is 0 Å². The molecule has 0 aromatic carbocycles. The smallest absolute Gasteiger partial charge is 0.354 e. The third-order valence-electron chi connectivity index (χ3n) is 5.34. The molecule has 0 unspecified atom stereocenters. The summed E-state index contributed by atoms with van der Waals surface area (Å²) in [5, 5.41) is -2.11. The van der Waals surface area contributed by atoms with Gasteiger partial charge >= 0.3 is 29.8 Å². The second-order valence-electron chi connectivity index (χ2n) is 8.07. The van der Waals surface area contributed by atoms with Gasteiger partial charge in [0, 0.05) is 33.6 Å². The number of ether oxygens (including phenoxy) is 6. The molecule has 34 heavy (non-hydrogen) atoms. The summed E-state index contributed by atoms with van der Waals surface area (Å²) in [6, 6.07) is 0. The van der Waals surface area contributed by atoms with Crippen molar-refractivity contribution in [1.82, 2.24) is 0 Å². The average molecular weight is 509 g/mol. The summed E-state index contributed by atoms with van der Waals surface area (Å²) < 4.78 is 32.2. The van der Waals surface area contributed by atoms with Gasteiger partial charge in [0.2, 0.25) is 5.06 Å². The molecule has 0 amide bonds. The number of carbonyl (C=O) groups excluding carboxylic acids is 5. The molecule has 7 atom stereocenters. The Morgan fingerprint density at radius 2 is 1.56 bits per heavy atom. The monoisotopic (exact) mass is 508 g/mol. The topological polar surface area (TPSA) is 141 Å². The van der Waals surface area contributed by atoms with Crippen molar-refractivity contribution < 1.29 is 52.4 Å². The van der Waals surface area contributed by atoms with Gasteiger partial charge in [-0.15, -0.1) is 0 Å². The van der Waals surface area contributed by atoms with E-state index in [-0.39, 0.29) is 0 Å². The highest BCUT2D eigenvalue weighted by molar-refractivity contribution is 6.33. The van der Waals surface area contributed by atoms with Gasteiger partial charge in [0.1, 0.15) is 18.8 Å². The first-order valence-electron chi connectivity index (χ1n) is 10.9. The van der Waals surface area contributed by atoms with E-state index >= 15 is 0 Å². The maximum Gasteiger partial charge on any atom is 0.354 e. The summed E-state index contributed by atoms with van der Waals surface area (Å²) in [5.41, 5.74) is 0. The van der Waals surface area contributed by atoms with Crippen LogP contribution in [0.1, 0.15) is 54.4 Å². The number of halogens is 1. The molecular weight excluding hydrogens is 476 g/mol. The van der Waals surface area contributed by atoms with Crippen LogP contribution in [0.15, 0.2) is 0 Å². The van der Waals surface area contributed by atoms with Gasteiger partial charge in [-0.05, 0) is 6.42 Å². The van der Waals surface area contributed by atoms with Gasteiger partial charge in [-0.2, -0.15) is 0 Å². The Kier molecular flexibility index (Phi) is 11.2. The zero-order chi connectivity index (χ0) is 26.2. The summed E-state index contributed by atoms with van der Waals surface area (Å²) >= 11 is 6.71. The van der Waals surface area contributed by atoms with E-state index in [0.717, 1.165) is 27.9 Å². The highest BCUT2D eigenvalue weighted by atomic mass is 35.5. The molecule has 1 aliphatic rings. The second kappa shape index (κ2) is 12.9. The molecule has 1 fully saturated rings. The van der Waals surface area contributed by atoms with E-state index in [0.29, 0.717) is 12.8 Å². The molecule has 0 radical (unpaired) electrons. The Morgan fingerprint density at radius 1 is 0.971 bits per heavy atom. The van der Waals surface area contributed by atoms with Crippen molar-refractivity contribution in [3.8, 4) is 0 Å². The molecule has 0 bridgehead atoms. The minimum Gasteiger partial charge on any atom is -0.466 e. The first kappa shape index (κ1) is 29.6. The fourth-order valence-electron chi connectivity index (χ4n) is 4.06. The van der Waals surface area contributed by atoms with E-state index in [1.807, 2.05) is 6.92 Å². The minimum absolute atomic E-state index is 0.340. The maximum atomic E-state index is 12.8. The Bertz CT molecular complexity index is 770. The number of hydrogen-bond acceptors (Lipinski definition) is 11. The zero-order valence-corrected chi connectivity index (χ0v) is 21.2. The third kappa shape index (κ3) is 7.56. The summed E-state index contributed by atoms with van der Waals surface area (Å²) in [6.07, 6.45) is -3.94. The van der Waals surface area contributed by atoms with Crippen LogP contribution in [0, 0.1) is 11.8 Å². The van der Waals surface area contributed by atoms with E-state index < -0.39 is 77.8 Å². The number of esters is 5. The van der Waals surface area contributed by atoms with Crippen LogP contribution in [-0.2, 0) is 52.4 Å². The molecule has 0 saturated carbocycles. The molecule has 1 heterocycles. The van der Waals surface area contributed by atoms with Gasteiger partial charge in [-0.1, -0.05) is 31.9 Å². The summed E-state index contributed by atoms with van der Waals surface area (Å²) in [6.45, 7) is 7.64. The molecule has 194 valence electrons. The maximum absolute atomic E-state index is 12.8. The lowest BCUT2D eigenvalue weighted by molar-refractivity contribution is -0.249. The number of carbonyl (C=O) groups is 5. The van der Waals surface area contributed by atoms with Gasteiger partial charge in [-0.25, -0.2) is 4.79 Å². The van der Waals surface area contributed by atoms with Crippen LogP contribution in [0.25, 0.3) is 0 Å². The van der Waals surface area contributed by atoms with Gasteiger partial charge in [0.15, 0.2) is 12.2 Å². The summed E-state index contributed by atoms with van der Waals surface area (Å²) in [4.78, 5) is 59.9. The van der Waals surface area contributed by atoms with E-state index in [4.69, 9.17) is 40.0 Å². The third-order valence-corrected chi connectivity index (χ3v) is 5.87. The van der Waals surface area contributed by atoms with Crippen LogP contribution in [0.5, 0.6) is 0 Å². The van der Waals surface area contributed by atoms with Gasteiger partial charge in [0.05, 0.1) is 13.0 Å². The van der Waals surface area contributed by atoms with Gasteiger partial charge < -0.3 is 28.4 Å². The average Bonchev–Trinajstić information content (AvgIpc) is 2.73. The molecule has 0 aromatic heterocycles. The summed E-state index contributed by atoms with van der Waals surface area (Å²) in [7, 11) is 1.12. The van der Waals surface area contributed by atoms with E-state index in [9.17, 15) is 24.0 Å². The molecule has 0 spiro atoms. The lowest BCUT2D eigenvalue weighted by Gasteiger charge is -2.50. The molecule has 0 aliphatic carbocycles. The first-order chi connectivity index (χ1) is 15.8. The Morgan fingerprint density at radius 3 is 2.00 bits per heavy atom. The first-order valence-corrected chi connectivity index (χ1v) is 11.3. The highest BCUT2D eigenvalue weighted by Crippen LogP contribution is 2.46. The van der Waals surface area contributed by atoms with Gasteiger partial charge in [0.25, 0.3) is 0 Å². The number of methoxy groups -OCH3 is 1. The molecule has 0 aromatic rings. The molecule has 12 heteroatoms. The Labute approximate surface area is 203 Å². The van der Waals surface area contributed by atoms with Crippen molar-refractivity contribution in [2.75, 3.05) is 13.7 Å². The van der Waals surface area contributed by atoms with Crippen molar-refractivity contribution in [2.45, 2.75) is 83.9 Å². The minimum atomic E-state index is -2.11. The lowest BCUT2D eigenvalue weighted by Crippen LogP contribution is -2.64. The fraction of sp³-hybridized carbons (Fsp3) is 0.773. The van der Waals surface area contributed by atoms with E-state index in [1.165, 1.54) is 6.92 Å². The van der Waals surface area contributed by atoms with Crippen molar-refractivity contribution >= 4 is 41.4 Å². The fourth-order valence-corrected chi connectivity index (χ4v) is 4.47. The van der Waals surface area contributed by atoms with Crippen LogP contribution in [0.2, 0.25) is 0 Å². The van der Waals surface area contributed by atoms with Crippen LogP contribution in [0.4, 0.5) is 0 Å². The van der Waals surface area contributed by atoms with Crippen molar-refractivity contribution in [2.24, 2.45) is 11.8 Å². The van der Waals surface area contributed by atoms with Crippen LogP contribution < -0.4 is 0 Å². The largest absolute Gasteiger partial charge is 0.466 e. The molecule has 1 saturated heterocycles. The number of rotatable bonds is 10. The predicted octanol–water partition coefficient (Wildman–Crippen LogP) is 1.90. The second-order valence-corrected chi connectivity index (χ2v) is 8.63. The van der Waals surface area contributed by atoms with Crippen LogP contribution in [0.3, 0.4) is 0 Å². The quantitative estimate of drug-likeness (QED) is 0.242. The molecule has 1 aliphatic heterocycles. The van der Waals surface area contributed by atoms with Crippen LogP contribution in [-0.4, -0.2) is 73.0 Å². The van der Waals surface area contributed by atoms with Crippen molar-refractivity contribution in [1.29, 1.82) is 0 Å². The Balaban J connectivity index is 3.61. The normalized spacial score (nSPS) is 28.1. The molecule has 1 rings (SSSR count). The van der Waals surface area contributed by atoms with Crippen molar-refractivity contribution in [3.63, 3.8) is 0 Å². The zero-order valence-electron chi connectivity index (χ0n) is 20.5. The SMILES string of the molecule is CCC[C@H]1[C@H](OC(C)=O)[C@@H](C)[C@H]([C@H](OC(C)=O)[C@@H](COC(C)=O)OC(C)=O)O[C@]1(Cl)C(=O)OC. The molecule has 0 N–H and O–H groups in total. The highest BCUT2D eigenvalue weighted by Gasteiger charge is 2.61. The molecular formula is C22H33ClO11. The lowest BCUT2D eigenvalue weighted by atomic mass is 9.76. The standard InChI is InChI=1S/C22H33ClO11/c1-8-9-16-18(32-14(5)26)11(2)19(34-22(16,23)21(28)29-7)20(33-15(6)27)17(31-13(4)25)10-30-12(3)24/h11,16-20H,8-10H2,1-7H3/t11-,16+,17-,18-,19-,20-,22+/m1/s1. The van der Waals surface area contributed by atoms with Gasteiger partial charge in [-0.3, -0.25) is 19.2 Å². The Hall–Kier alpha value is -2.40. The van der Waals surface area contributed by atoms with E-state index in [1.54, 1.807) is 6.92 Å². The van der Waals surface area contributed by atoms with Crippen LogP contribution >= 0.6 is 11.6 Å². The number of alkyl halides is 1. The van der Waals surface area contributed by atoms with Crippen molar-refractivity contribution in [3.05, 3.63) is 0 Å². The molecule has 11 nitrogen and oxygen atoms in total.